The van der Waals surface area contributed by atoms with E-state index in [1.807, 2.05) is 6.07 Å². The van der Waals surface area contributed by atoms with Crippen LogP contribution in [-0.4, -0.2) is 44.0 Å². The third-order valence-corrected chi connectivity index (χ3v) is 4.21. The van der Waals surface area contributed by atoms with Crippen LogP contribution in [0.1, 0.15) is 5.56 Å². The van der Waals surface area contributed by atoms with Gasteiger partial charge in [-0.3, -0.25) is 0 Å². The summed E-state index contributed by atoms with van der Waals surface area (Å²) in [5.41, 5.74) is 2.97. The van der Waals surface area contributed by atoms with Gasteiger partial charge in [0, 0.05) is 12.6 Å². The maximum Gasteiger partial charge on any atom is 0.181 e. The van der Waals surface area contributed by atoms with Gasteiger partial charge in [-0.1, -0.05) is 6.07 Å². The normalized spacial score (nSPS) is 26.2. The molecule has 0 aliphatic carbocycles. The van der Waals surface area contributed by atoms with Crippen LogP contribution in [-0.2, 0) is 14.9 Å². The molecule has 2 saturated heterocycles. The molecule has 0 saturated carbocycles. The summed E-state index contributed by atoms with van der Waals surface area (Å²) in [7, 11) is 0. The largest absolute Gasteiger partial charge is 0.443 e. The van der Waals surface area contributed by atoms with Gasteiger partial charge in [-0.05, 0) is 17.7 Å². The third kappa shape index (κ3) is 1.69. The first-order chi connectivity index (χ1) is 9.38. The maximum absolute atomic E-state index is 5.60. The monoisotopic (exact) mass is 260 g/mol. The Kier molecular flexibility index (Phi) is 2.58. The number of aromatic nitrogens is 1. The summed E-state index contributed by atoms with van der Waals surface area (Å²) in [5.74, 6) is 0. The molecular formula is C14H16N2O3. The summed E-state index contributed by atoms with van der Waals surface area (Å²) < 4.78 is 16.5. The summed E-state index contributed by atoms with van der Waals surface area (Å²) in [6.45, 7) is 3.88. The fraction of sp³-hybridized carbons (Fsp3) is 0.500. The highest BCUT2D eigenvalue weighted by Gasteiger charge is 2.48. The molecule has 2 aliphatic rings. The Bertz CT molecular complexity index is 585. The smallest absolute Gasteiger partial charge is 0.181 e. The van der Waals surface area contributed by atoms with Gasteiger partial charge in [0.15, 0.2) is 12.0 Å². The number of hydrogen-bond acceptors (Lipinski definition) is 5. The van der Waals surface area contributed by atoms with Gasteiger partial charge in [-0.25, -0.2) is 4.98 Å². The zero-order valence-corrected chi connectivity index (χ0v) is 10.6. The number of ether oxygens (including phenoxy) is 2. The van der Waals surface area contributed by atoms with Crippen LogP contribution >= 0.6 is 0 Å². The lowest BCUT2D eigenvalue weighted by Crippen LogP contribution is -2.63. The number of fused-ring (bicyclic) bond motifs is 1. The lowest BCUT2D eigenvalue weighted by Gasteiger charge is -2.48. The number of nitrogens with one attached hydrogen (secondary N) is 1. The first-order valence-electron chi connectivity index (χ1n) is 6.61. The fourth-order valence-corrected chi connectivity index (χ4v) is 2.98. The molecule has 0 amide bonds. The number of oxazole rings is 1. The quantitative estimate of drug-likeness (QED) is 0.875. The van der Waals surface area contributed by atoms with Crippen molar-refractivity contribution in [2.75, 3.05) is 33.0 Å². The van der Waals surface area contributed by atoms with E-state index < -0.39 is 0 Å². The molecule has 5 heteroatoms. The van der Waals surface area contributed by atoms with Crippen LogP contribution in [0.4, 0.5) is 0 Å². The van der Waals surface area contributed by atoms with Crippen LogP contribution in [0.2, 0.25) is 0 Å². The Morgan fingerprint density at radius 1 is 1.26 bits per heavy atom. The first kappa shape index (κ1) is 11.4. The second-order valence-corrected chi connectivity index (χ2v) is 5.27. The number of rotatable bonds is 2. The van der Waals surface area contributed by atoms with Gasteiger partial charge in [0.25, 0.3) is 0 Å². The predicted octanol–water partition coefficient (Wildman–Crippen LogP) is 1.08. The van der Waals surface area contributed by atoms with Crippen molar-refractivity contribution in [2.45, 2.75) is 11.5 Å². The average Bonchev–Trinajstić information content (AvgIpc) is 2.86. The minimum Gasteiger partial charge on any atom is -0.443 e. The van der Waals surface area contributed by atoms with E-state index in [2.05, 4.69) is 22.4 Å². The van der Waals surface area contributed by atoms with E-state index in [4.69, 9.17) is 13.9 Å². The Morgan fingerprint density at radius 2 is 2.21 bits per heavy atom. The summed E-state index contributed by atoms with van der Waals surface area (Å²) in [6, 6.07) is 6.53. The lowest BCUT2D eigenvalue weighted by atomic mass is 9.72. The topological polar surface area (TPSA) is 56.5 Å². The summed E-state index contributed by atoms with van der Waals surface area (Å²) in [5, 5.41) is 3.55. The van der Waals surface area contributed by atoms with Crippen molar-refractivity contribution in [1.82, 2.24) is 10.3 Å². The molecule has 2 fully saturated rings. The molecule has 1 atom stereocenters. The molecule has 0 spiro atoms. The standard InChI is InChI=1S/C14H16N2O3/c1-2-11-12(19-9-16-11)5-10(1)14(7-18-8-14)13-6-17-4-3-15-13/h1-2,5,9,13,15H,3-4,6-8H2. The van der Waals surface area contributed by atoms with Gasteiger partial charge >= 0.3 is 0 Å². The highest BCUT2D eigenvalue weighted by atomic mass is 16.5. The van der Waals surface area contributed by atoms with Crippen LogP contribution in [0, 0.1) is 0 Å². The molecule has 100 valence electrons. The Hall–Kier alpha value is -1.43. The van der Waals surface area contributed by atoms with Gasteiger partial charge < -0.3 is 19.2 Å². The molecule has 2 aromatic rings. The molecule has 0 radical (unpaired) electrons. The number of hydrogen-bond donors (Lipinski definition) is 1. The van der Waals surface area contributed by atoms with E-state index in [-0.39, 0.29) is 5.41 Å². The zero-order chi connectivity index (χ0) is 12.7. The van der Waals surface area contributed by atoms with Crippen molar-refractivity contribution in [3.8, 4) is 0 Å². The van der Waals surface area contributed by atoms with Crippen molar-refractivity contribution < 1.29 is 13.9 Å². The summed E-state index contributed by atoms with van der Waals surface area (Å²) >= 11 is 0. The van der Waals surface area contributed by atoms with Crippen LogP contribution in [0.15, 0.2) is 29.0 Å². The maximum atomic E-state index is 5.60. The molecule has 5 nitrogen and oxygen atoms in total. The third-order valence-electron chi connectivity index (χ3n) is 4.21. The van der Waals surface area contributed by atoms with E-state index in [0.29, 0.717) is 6.04 Å². The van der Waals surface area contributed by atoms with Crippen LogP contribution in [0.25, 0.3) is 11.1 Å². The van der Waals surface area contributed by atoms with Crippen LogP contribution in [0.5, 0.6) is 0 Å². The minimum atomic E-state index is 0.00139. The van der Waals surface area contributed by atoms with E-state index in [1.54, 1.807) is 0 Å². The van der Waals surface area contributed by atoms with Gasteiger partial charge in [0.1, 0.15) is 5.52 Å². The SMILES string of the molecule is c1nc2ccc(C3(C4COCCN4)COC3)cc2o1. The molecule has 1 unspecified atom stereocenters. The van der Waals surface area contributed by atoms with Crippen molar-refractivity contribution in [3.63, 3.8) is 0 Å². The van der Waals surface area contributed by atoms with Crippen molar-refractivity contribution in [1.29, 1.82) is 0 Å². The molecule has 1 aromatic heterocycles. The first-order valence-corrected chi connectivity index (χ1v) is 6.61. The molecule has 19 heavy (non-hydrogen) atoms. The van der Waals surface area contributed by atoms with Crippen molar-refractivity contribution in [3.05, 3.63) is 30.2 Å². The van der Waals surface area contributed by atoms with Gasteiger partial charge in [-0.2, -0.15) is 0 Å². The molecule has 4 rings (SSSR count). The number of benzene rings is 1. The Morgan fingerprint density at radius 3 is 2.95 bits per heavy atom. The molecule has 0 bridgehead atoms. The van der Waals surface area contributed by atoms with Gasteiger partial charge in [0.2, 0.25) is 0 Å². The second-order valence-electron chi connectivity index (χ2n) is 5.27. The van der Waals surface area contributed by atoms with Crippen LogP contribution < -0.4 is 5.32 Å². The zero-order valence-electron chi connectivity index (χ0n) is 10.6. The van der Waals surface area contributed by atoms with Crippen molar-refractivity contribution >= 4 is 11.1 Å². The molecule has 2 aliphatic heterocycles. The predicted molar refractivity (Wildman–Crippen MR) is 69.1 cm³/mol. The number of nitrogens with zero attached hydrogens (tertiary/aromatic N) is 1. The van der Waals surface area contributed by atoms with Gasteiger partial charge in [0.05, 0.1) is 31.8 Å². The van der Waals surface area contributed by atoms with Crippen LogP contribution in [0.3, 0.4) is 0 Å². The second kappa shape index (κ2) is 4.30. The van der Waals surface area contributed by atoms with E-state index in [9.17, 15) is 0 Å². The summed E-state index contributed by atoms with van der Waals surface area (Å²) in [6.07, 6.45) is 1.49. The average molecular weight is 260 g/mol. The molecule has 1 N–H and O–H groups in total. The van der Waals surface area contributed by atoms with Gasteiger partial charge in [-0.15, -0.1) is 0 Å². The van der Waals surface area contributed by atoms with E-state index in [1.165, 1.54) is 12.0 Å². The Labute approximate surface area is 110 Å². The summed E-state index contributed by atoms with van der Waals surface area (Å²) in [4.78, 5) is 4.16. The highest BCUT2D eigenvalue weighted by molar-refractivity contribution is 5.73. The van der Waals surface area contributed by atoms with E-state index in [0.717, 1.165) is 44.1 Å². The van der Waals surface area contributed by atoms with E-state index >= 15 is 0 Å². The minimum absolute atomic E-state index is 0.00139. The lowest BCUT2D eigenvalue weighted by molar-refractivity contribution is -0.101. The molecule has 3 heterocycles. The van der Waals surface area contributed by atoms with Crippen molar-refractivity contribution in [2.24, 2.45) is 0 Å². The Balaban J connectivity index is 1.74. The highest BCUT2D eigenvalue weighted by Crippen LogP contribution is 2.37. The molecular weight excluding hydrogens is 244 g/mol. The molecule has 1 aromatic carbocycles. The fourth-order valence-electron chi connectivity index (χ4n) is 2.98. The number of morpholine rings is 1.